The summed E-state index contributed by atoms with van der Waals surface area (Å²) in [6, 6.07) is 5.80. The molecule has 0 unspecified atom stereocenters. The molecule has 0 aliphatic rings. The van der Waals surface area contributed by atoms with Gasteiger partial charge in [0.1, 0.15) is 6.54 Å². The smallest absolute Gasteiger partial charge is 0.258 e. The van der Waals surface area contributed by atoms with Crippen molar-refractivity contribution in [3.8, 4) is 11.5 Å². The summed E-state index contributed by atoms with van der Waals surface area (Å²) in [7, 11) is 3.44. The van der Waals surface area contributed by atoms with Gasteiger partial charge in [0.05, 0.1) is 13.7 Å². The second-order valence-electron chi connectivity index (χ2n) is 7.64. The molecule has 10 heteroatoms. The monoisotopic (exact) mass is 423 g/mol. The maximum atomic E-state index is 11.9. The molecular weight excluding hydrogens is 392 g/mol. The van der Waals surface area contributed by atoms with Crippen LogP contribution in [-0.2, 0) is 18.4 Å². The van der Waals surface area contributed by atoms with Gasteiger partial charge in [0, 0.05) is 30.3 Å². The van der Waals surface area contributed by atoms with Gasteiger partial charge >= 0.3 is 0 Å². The van der Waals surface area contributed by atoms with E-state index in [2.05, 4.69) is 26.2 Å². The van der Waals surface area contributed by atoms with Crippen LogP contribution in [0.1, 0.15) is 32.8 Å². The lowest BCUT2D eigenvalue weighted by molar-refractivity contribution is -0.670. The summed E-state index contributed by atoms with van der Waals surface area (Å²) in [5.41, 5.74) is 0.854. The van der Waals surface area contributed by atoms with E-state index in [9.17, 15) is 4.79 Å². The Labute approximate surface area is 175 Å². The van der Waals surface area contributed by atoms with Crippen molar-refractivity contribution in [3.05, 3.63) is 23.8 Å². The van der Waals surface area contributed by atoms with Crippen LogP contribution in [0, 0.1) is 0 Å². The van der Waals surface area contributed by atoms with Crippen molar-refractivity contribution in [2.75, 3.05) is 26.0 Å². The molecule has 1 aromatic heterocycles. The lowest BCUT2D eigenvalue weighted by atomic mass is 10.1. The highest BCUT2D eigenvalue weighted by Gasteiger charge is 2.15. The van der Waals surface area contributed by atoms with Gasteiger partial charge in [-0.15, -0.1) is 5.10 Å². The van der Waals surface area contributed by atoms with Gasteiger partial charge in [0.15, 0.2) is 18.1 Å². The number of benzene rings is 1. The van der Waals surface area contributed by atoms with Crippen LogP contribution in [0.25, 0.3) is 0 Å². The Morgan fingerprint density at radius 1 is 1.31 bits per heavy atom. The number of quaternary nitrogens is 1. The highest BCUT2D eigenvalue weighted by Crippen LogP contribution is 2.27. The zero-order chi connectivity index (χ0) is 21.3. The quantitative estimate of drug-likeness (QED) is 0.406. The van der Waals surface area contributed by atoms with E-state index in [-0.39, 0.29) is 18.1 Å². The summed E-state index contributed by atoms with van der Waals surface area (Å²) in [5.74, 6) is 2.00. The molecule has 0 aliphatic carbocycles. The number of nitrogens with one attached hydrogen (secondary N) is 1. The van der Waals surface area contributed by atoms with E-state index in [1.807, 2.05) is 46.0 Å². The van der Waals surface area contributed by atoms with E-state index < -0.39 is 0 Å². The van der Waals surface area contributed by atoms with Gasteiger partial charge in [-0.05, 0) is 49.4 Å². The van der Waals surface area contributed by atoms with Crippen LogP contribution in [0.15, 0.2) is 23.4 Å². The van der Waals surface area contributed by atoms with Gasteiger partial charge in [-0.1, -0.05) is 11.8 Å². The van der Waals surface area contributed by atoms with E-state index in [0.717, 1.165) is 36.0 Å². The van der Waals surface area contributed by atoms with Crippen LogP contribution in [-0.4, -0.2) is 57.7 Å². The Bertz CT molecular complexity index is 790. The van der Waals surface area contributed by atoms with Gasteiger partial charge in [0.2, 0.25) is 5.16 Å². The molecule has 2 aromatic rings. The molecule has 0 bridgehead atoms. The summed E-state index contributed by atoms with van der Waals surface area (Å²) in [6.45, 7) is 7.61. The van der Waals surface area contributed by atoms with Crippen LogP contribution < -0.4 is 20.1 Å². The van der Waals surface area contributed by atoms with Crippen molar-refractivity contribution in [1.82, 2.24) is 25.5 Å². The second-order valence-corrected chi connectivity index (χ2v) is 8.70. The van der Waals surface area contributed by atoms with Crippen LogP contribution in [0.3, 0.4) is 0 Å². The number of ether oxygens (including phenoxy) is 2. The number of methoxy groups -OCH3 is 1. The van der Waals surface area contributed by atoms with E-state index in [0.29, 0.717) is 11.5 Å². The number of thioether (sulfide) groups is 1. The minimum atomic E-state index is -0.284. The number of carbonyl (C=O) groups is 1. The number of tetrazole rings is 1. The molecule has 0 aliphatic heterocycles. The molecule has 1 heterocycles. The number of nitrogens with two attached hydrogens (primary N) is 1. The predicted molar refractivity (Wildman–Crippen MR) is 111 cm³/mol. The first kappa shape index (κ1) is 23.0. The number of rotatable bonds is 11. The van der Waals surface area contributed by atoms with Crippen molar-refractivity contribution in [1.29, 1.82) is 0 Å². The van der Waals surface area contributed by atoms with Crippen LogP contribution >= 0.6 is 11.8 Å². The maximum Gasteiger partial charge on any atom is 0.258 e. The number of aryl methyl sites for hydroxylation is 1. The minimum Gasteiger partial charge on any atom is -0.493 e. The third kappa shape index (κ3) is 8.28. The average molecular weight is 424 g/mol. The molecule has 0 radical (unpaired) electrons. The topological polar surface area (TPSA) is 108 Å². The summed E-state index contributed by atoms with van der Waals surface area (Å²) in [6.07, 6.45) is 1.05. The standard InChI is InChI=1S/C19H30N6O3S/c1-19(2,3)21-17(26)13-28-15-8-7-14(11-16(15)27-5)12-20-9-6-10-29-18-22-23-24-25(18)4/h7-8,11,20H,6,9-10,12-13H2,1-5H3,(H,21,26)/p+1. The van der Waals surface area contributed by atoms with Gasteiger partial charge in [-0.3, -0.25) is 4.79 Å². The van der Waals surface area contributed by atoms with Crippen molar-refractivity contribution in [3.63, 3.8) is 0 Å². The fourth-order valence-electron chi connectivity index (χ4n) is 2.56. The Hall–Kier alpha value is -2.33. The second kappa shape index (κ2) is 11.0. The number of carbonyl (C=O) groups excluding carboxylic acids is 1. The van der Waals surface area contributed by atoms with Crippen molar-refractivity contribution in [2.24, 2.45) is 7.05 Å². The first-order chi connectivity index (χ1) is 13.8. The number of amides is 1. The fourth-order valence-corrected chi connectivity index (χ4v) is 3.37. The molecule has 0 saturated carbocycles. The summed E-state index contributed by atoms with van der Waals surface area (Å²) < 4.78 is 12.7. The molecule has 1 amide bonds. The van der Waals surface area contributed by atoms with Crippen molar-refractivity contribution < 1.29 is 19.6 Å². The number of nitrogens with zero attached hydrogens (tertiary/aromatic N) is 4. The molecule has 0 spiro atoms. The van der Waals surface area contributed by atoms with Gasteiger partial charge < -0.3 is 20.1 Å². The molecule has 0 fully saturated rings. The van der Waals surface area contributed by atoms with E-state index in [1.165, 1.54) is 0 Å². The van der Waals surface area contributed by atoms with Gasteiger partial charge in [0.25, 0.3) is 5.91 Å². The SMILES string of the molecule is COc1cc(C[NH2+]CCCSc2nnnn2C)ccc1OCC(=O)NC(C)(C)C. The molecule has 2 rings (SSSR count). The Morgan fingerprint density at radius 3 is 2.76 bits per heavy atom. The lowest BCUT2D eigenvalue weighted by Crippen LogP contribution is -2.82. The van der Waals surface area contributed by atoms with E-state index in [1.54, 1.807) is 23.6 Å². The predicted octanol–water partition coefficient (Wildman–Crippen LogP) is 0.758. The summed E-state index contributed by atoms with van der Waals surface area (Å²) >= 11 is 1.66. The van der Waals surface area contributed by atoms with Crippen LogP contribution in [0.2, 0.25) is 0 Å². The number of hydrogen-bond donors (Lipinski definition) is 2. The van der Waals surface area contributed by atoms with Crippen molar-refractivity contribution >= 4 is 17.7 Å². The Balaban J connectivity index is 1.73. The number of aromatic nitrogens is 4. The maximum absolute atomic E-state index is 11.9. The molecule has 29 heavy (non-hydrogen) atoms. The molecule has 3 N–H and O–H groups in total. The first-order valence-electron chi connectivity index (χ1n) is 9.56. The molecular formula is C19H31N6O3S+. The zero-order valence-corrected chi connectivity index (χ0v) is 18.6. The van der Waals surface area contributed by atoms with E-state index >= 15 is 0 Å². The minimum absolute atomic E-state index is 0.0438. The third-order valence-corrected chi connectivity index (χ3v) is 4.94. The highest BCUT2D eigenvalue weighted by molar-refractivity contribution is 7.99. The Kier molecular flexibility index (Phi) is 8.71. The first-order valence-corrected chi connectivity index (χ1v) is 10.5. The average Bonchev–Trinajstić information content (AvgIpc) is 3.06. The fraction of sp³-hybridized carbons (Fsp3) is 0.579. The molecule has 0 atom stereocenters. The highest BCUT2D eigenvalue weighted by atomic mass is 32.2. The normalized spacial score (nSPS) is 11.3. The largest absolute Gasteiger partial charge is 0.493 e. The van der Waals surface area contributed by atoms with E-state index in [4.69, 9.17) is 9.47 Å². The molecule has 1 aromatic carbocycles. The Morgan fingerprint density at radius 2 is 2.10 bits per heavy atom. The molecule has 160 valence electrons. The number of hydrogen-bond acceptors (Lipinski definition) is 7. The lowest BCUT2D eigenvalue weighted by Gasteiger charge is -2.20. The molecule has 0 saturated heterocycles. The van der Waals surface area contributed by atoms with Crippen molar-refractivity contribution in [2.45, 2.75) is 44.4 Å². The zero-order valence-electron chi connectivity index (χ0n) is 17.8. The van der Waals surface area contributed by atoms with Crippen LogP contribution in [0.5, 0.6) is 11.5 Å². The van der Waals surface area contributed by atoms with Gasteiger partial charge in [-0.2, -0.15) is 0 Å². The third-order valence-electron chi connectivity index (χ3n) is 3.85. The van der Waals surface area contributed by atoms with Gasteiger partial charge in [-0.25, -0.2) is 4.68 Å². The molecule has 9 nitrogen and oxygen atoms in total. The summed E-state index contributed by atoms with van der Waals surface area (Å²) in [5, 5.41) is 17.4. The van der Waals surface area contributed by atoms with Crippen LogP contribution in [0.4, 0.5) is 0 Å². The summed E-state index contributed by atoms with van der Waals surface area (Å²) in [4.78, 5) is 11.9.